The summed E-state index contributed by atoms with van der Waals surface area (Å²) in [4.78, 5) is 35.1. The summed E-state index contributed by atoms with van der Waals surface area (Å²) in [5, 5.41) is 13.2. The molecule has 19 heavy (non-hydrogen) atoms. The fraction of sp³-hybridized carbons (Fsp3) is 0.462. The Morgan fingerprint density at radius 3 is 2.42 bits per heavy atom. The lowest BCUT2D eigenvalue weighted by Crippen LogP contribution is -2.43. The molecule has 2 N–H and O–H groups in total. The van der Waals surface area contributed by atoms with Crippen LogP contribution in [0.2, 0.25) is 0 Å². The van der Waals surface area contributed by atoms with Gasteiger partial charge in [-0.15, -0.1) is 11.3 Å². The lowest BCUT2D eigenvalue weighted by molar-refractivity contribution is -0.142. The van der Waals surface area contributed by atoms with E-state index in [1.807, 2.05) is 0 Å². The minimum absolute atomic E-state index is 0.202. The number of ketones is 1. The number of nitrogens with one attached hydrogen (secondary N) is 1. The van der Waals surface area contributed by atoms with Crippen molar-refractivity contribution in [3.63, 3.8) is 0 Å². The number of Topliss-reactive ketones (excluding diaryl/α,β-unsaturated/α-hetero) is 1. The molecule has 1 aromatic heterocycles. The molecule has 1 rings (SSSR count). The molecule has 1 unspecified atom stereocenters. The van der Waals surface area contributed by atoms with E-state index >= 15 is 0 Å². The third kappa shape index (κ3) is 4.48. The molecule has 0 spiro atoms. The SMILES string of the molecule is CC(C)(C)C(=O)CC(NC(=O)c1cccs1)C(=O)O. The Kier molecular flexibility index (Phi) is 4.83. The number of rotatable bonds is 5. The van der Waals surface area contributed by atoms with Crippen LogP contribution >= 0.6 is 11.3 Å². The van der Waals surface area contributed by atoms with E-state index in [2.05, 4.69) is 5.32 Å². The third-order valence-corrected chi connectivity index (χ3v) is 3.44. The van der Waals surface area contributed by atoms with Crippen molar-refractivity contribution >= 4 is 29.0 Å². The maximum absolute atomic E-state index is 11.8. The maximum atomic E-state index is 11.8. The van der Waals surface area contributed by atoms with Gasteiger partial charge in [0.05, 0.1) is 4.88 Å². The summed E-state index contributed by atoms with van der Waals surface area (Å²) in [7, 11) is 0. The largest absolute Gasteiger partial charge is 0.480 e. The molecule has 1 heterocycles. The molecular weight excluding hydrogens is 266 g/mol. The van der Waals surface area contributed by atoms with Crippen molar-refractivity contribution < 1.29 is 19.5 Å². The van der Waals surface area contributed by atoms with Crippen molar-refractivity contribution in [3.05, 3.63) is 22.4 Å². The van der Waals surface area contributed by atoms with Crippen LogP contribution in [0.4, 0.5) is 0 Å². The number of carboxylic acid groups (broad SMARTS) is 1. The Morgan fingerprint density at radius 2 is 2.00 bits per heavy atom. The van der Waals surface area contributed by atoms with E-state index in [1.165, 1.54) is 11.3 Å². The van der Waals surface area contributed by atoms with Crippen LogP contribution in [-0.2, 0) is 9.59 Å². The van der Waals surface area contributed by atoms with Crippen molar-refractivity contribution in [3.8, 4) is 0 Å². The van der Waals surface area contributed by atoms with Gasteiger partial charge >= 0.3 is 5.97 Å². The number of hydrogen-bond donors (Lipinski definition) is 2. The maximum Gasteiger partial charge on any atom is 0.326 e. The second kappa shape index (κ2) is 5.97. The molecule has 1 aromatic rings. The monoisotopic (exact) mass is 283 g/mol. The van der Waals surface area contributed by atoms with E-state index in [-0.39, 0.29) is 12.2 Å². The molecule has 6 heteroatoms. The molecule has 0 bridgehead atoms. The third-order valence-electron chi connectivity index (χ3n) is 2.57. The quantitative estimate of drug-likeness (QED) is 0.865. The number of carbonyl (C=O) groups is 3. The van der Waals surface area contributed by atoms with Crippen molar-refractivity contribution in [1.29, 1.82) is 0 Å². The van der Waals surface area contributed by atoms with Gasteiger partial charge in [-0.25, -0.2) is 4.79 Å². The van der Waals surface area contributed by atoms with Crippen LogP contribution in [-0.4, -0.2) is 28.8 Å². The first-order valence-corrected chi connectivity index (χ1v) is 6.70. The van der Waals surface area contributed by atoms with Gasteiger partial charge in [0.1, 0.15) is 11.8 Å². The van der Waals surface area contributed by atoms with Crippen LogP contribution in [0.3, 0.4) is 0 Å². The molecule has 0 aromatic carbocycles. The van der Waals surface area contributed by atoms with Crippen LogP contribution < -0.4 is 5.32 Å². The molecule has 0 saturated carbocycles. The molecule has 0 radical (unpaired) electrons. The highest BCUT2D eigenvalue weighted by molar-refractivity contribution is 7.12. The second-order valence-corrected chi connectivity index (χ2v) is 6.17. The summed E-state index contributed by atoms with van der Waals surface area (Å²) in [6.07, 6.45) is -0.212. The number of hydrogen-bond acceptors (Lipinski definition) is 4. The van der Waals surface area contributed by atoms with Crippen LogP contribution in [0.1, 0.15) is 36.9 Å². The minimum atomic E-state index is -1.21. The van der Waals surface area contributed by atoms with Crippen LogP contribution in [0.15, 0.2) is 17.5 Å². The minimum Gasteiger partial charge on any atom is -0.480 e. The first kappa shape index (κ1) is 15.4. The Morgan fingerprint density at radius 1 is 1.37 bits per heavy atom. The number of carboxylic acids is 1. The van der Waals surface area contributed by atoms with Gasteiger partial charge in [0.15, 0.2) is 0 Å². The zero-order valence-electron chi connectivity index (χ0n) is 11.1. The van der Waals surface area contributed by atoms with Gasteiger partial charge in [0.25, 0.3) is 5.91 Å². The van der Waals surface area contributed by atoms with Crippen molar-refractivity contribution in [2.75, 3.05) is 0 Å². The van der Waals surface area contributed by atoms with Crippen molar-refractivity contribution in [2.45, 2.75) is 33.2 Å². The molecule has 0 aliphatic carbocycles. The van der Waals surface area contributed by atoms with E-state index in [0.29, 0.717) is 4.88 Å². The summed E-state index contributed by atoms with van der Waals surface area (Å²) in [5.74, 6) is -1.88. The Labute approximate surface area is 115 Å². The predicted octanol–water partition coefficient (Wildman–Crippen LogP) is 1.94. The molecule has 0 aliphatic rings. The highest BCUT2D eigenvalue weighted by Crippen LogP contribution is 2.18. The topological polar surface area (TPSA) is 83.5 Å². The molecule has 1 atom stereocenters. The zero-order chi connectivity index (χ0) is 14.6. The zero-order valence-corrected chi connectivity index (χ0v) is 11.9. The summed E-state index contributed by atoms with van der Waals surface area (Å²) >= 11 is 1.22. The van der Waals surface area contributed by atoms with Gasteiger partial charge in [-0.1, -0.05) is 26.8 Å². The Bertz CT molecular complexity index is 473. The average Bonchev–Trinajstić information content (AvgIpc) is 2.79. The molecule has 104 valence electrons. The number of aliphatic carboxylic acids is 1. The van der Waals surface area contributed by atoms with Gasteiger partial charge in [-0.3, -0.25) is 9.59 Å². The Balaban J connectivity index is 2.72. The molecule has 5 nitrogen and oxygen atoms in total. The number of thiophene rings is 1. The number of carbonyl (C=O) groups excluding carboxylic acids is 2. The van der Waals surface area contributed by atoms with E-state index in [0.717, 1.165) is 0 Å². The van der Waals surface area contributed by atoms with E-state index in [1.54, 1.807) is 38.3 Å². The Hall–Kier alpha value is -1.69. The number of amides is 1. The van der Waals surface area contributed by atoms with Crippen LogP contribution in [0.25, 0.3) is 0 Å². The lowest BCUT2D eigenvalue weighted by Gasteiger charge is -2.20. The summed E-state index contributed by atoms with van der Waals surface area (Å²) in [6, 6.07) is 2.11. The van der Waals surface area contributed by atoms with Gasteiger partial charge in [-0.2, -0.15) is 0 Å². The van der Waals surface area contributed by atoms with Gasteiger partial charge in [0.2, 0.25) is 0 Å². The lowest BCUT2D eigenvalue weighted by atomic mass is 9.87. The molecule has 0 fully saturated rings. The fourth-order valence-corrected chi connectivity index (χ4v) is 1.96. The highest BCUT2D eigenvalue weighted by atomic mass is 32.1. The van der Waals surface area contributed by atoms with E-state index < -0.39 is 23.3 Å². The summed E-state index contributed by atoms with van der Waals surface area (Å²) in [6.45, 7) is 5.15. The average molecular weight is 283 g/mol. The van der Waals surface area contributed by atoms with Gasteiger partial charge in [0, 0.05) is 11.8 Å². The van der Waals surface area contributed by atoms with Gasteiger partial charge < -0.3 is 10.4 Å². The predicted molar refractivity (Wildman–Crippen MR) is 72.3 cm³/mol. The summed E-state index contributed by atoms with van der Waals surface area (Å²) < 4.78 is 0. The summed E-state index contributed by atoms with van der Waals surface area (Å²) in [5.41, 5.74) is -0.624. The van der Waals surface area contributed by atoms with Crippen LogP contribution in [0.5, 0.6) is 0 Å². The smallest absolute Gasteiger partial charge is 0.326 e. The first-order chi connectivity index (χ1) is 8.71. The van der Waals surface area contributed by atoms with E-state index in [9.17, 15) is 14.4 Å². The molecule has 0 aliphatic heterocycles. The second-order valence-electron chi connectivity index (χ2n) is 5.22. The van der Waals surface area contributed by atoms with E-state index in [4.69, 9.17) is 5.11 Å². The molecular formula is C13H17NO4S. The molecule has 0 saturated heterocycles. The standard InChI is InChI=1S/C13H17NO4S/c1-13(2,3)10(15)7-8(12(17)18)14-11(16)9-5-4-6-19-9/h4-6,8H,7H2,1-3H3,(H,14,16)(H,17,18). The first-order valence-electron chi connectivity index (χ1n) is 5.82. The fourth-order valence-electron chi connectivity index (χ4n) is 1.33. The highest BCUT2D eigenvalue weighted by Gasteiger charge is 2.29. The van der Waals surface area contributed by atoms with Gasteiger partial charge in [-0.05, 0) is 11.4 Å². The van der Waals surface area contributed by atoms with Crippen molar-refractivity contribution in [2.24, 2.45) is 5.41 Å². The van der Waals surface area contributed by atoms with Crippen LogP contribution in [0, 0.1) is 5.41 Å². The normalized spacial score (nSPS) is 12.8. The van der Waals surface area contributed by atoms with Crippen molar-refractivity contribution in [1.82, 2.24) is 5.32 Å². The molecule has 1 amide bonds.